The minimum Gasteiger partial charge on any atom is -0.505 e. The van der Waals surface area contributed by atoms with Gasteiger partial charge in [-0.15, -0.1) is 11.3 Å². The molecule has 0 radical (unpaired) electrons. The van der Waals surface area contributed by atoms with Gasteiger partial charge in [0.15, 0.2) is 10.9 Å². The second kappa shape index (κ2) is 5.96. The van der Waals surface area contributed by atoms with Gasteiger partial charge in [0, 0.05) is 28.5 Å². The molecule has 26 heavy (non-hydrogen) atoms. The molecule has 0 bridgehead atoms. The maximum atomic E-state index is 12.7. The van der Waals surface area contributed by atoms with Crippen LogP contribution in [0.4, 0.5) is 0 Å². The first-order valence-electron chi connectivity index (χ1n) is 7.97. The first kappa shape index (κ1) is 16.3. The van der Waals surface area contributed by atoms with Gasteiger partial charge in [-0.05, 0) is 13.8 Å². The fraction of sp³-hybridized carbons (Fsp3) is 0.105. The Kier molecular flexibility index (Phi) is 3.73. The highest BCUT2D eigenvalue weighted by atomic mass is 32.1. The molecule has 0 saturated carbocycles. The van der Waals surface area contributed by atoms with E-state index in [0.717, 1.165) is 0 Å². The van der Waals surface area contributed by atoms with Crippen molar-refractivity contribution in [2.24, 2.45) is 0 Å². The number of aromatic amines is 1. The average molecular weight is 365 g/mol. The topological polar surface area (TPSA) is 88.0 Å². The highest BCUT2D eigenvalue weighted by Gasteiger charge is 2.24. The van der Waals surface area contributed by atoms with Gasteiger partial charge in [-0.2, -0.15) is 0 Å². The molecule has 2 N–H and O–H groups in total. The van der Waals surface area contributed by atoms with Gasteiger partial charge in [-0.25, -0.2) is 4.98 Å². The van der Waals surface area contributed by atoms with Crippen molar-refractivity contribution in [2.75, 3.05) is 0 Å². The maximum Gasteiger partial charge on any atom is 0.258 e. The molecule has 0 amide bonds. The van der Waals surface area contributed by atoms with Crippen LogP contribution in [-0.4, -0.2) is 25.4 Å². The molecule has 0 fully saturated rings. The zero-order chi connectivity index (χ0) is 18.4. The Morgan fingerprint density at radius 3 is 2.50 bits per heavy atom. The summed E-state index contributed by atoms with van der Waals surface area (Å²) in [6.07, 6.45) is 1.68. The van der Waals surface area contributed by atoms with Crippen molar-refractivity contribution in [3.8, 4) is 10.9 Å². The Labute approximate surface area is 152 Å². The van der Waals surface area contributed by atoms with Gasteiger partial charge in [0.05, 0.1) is 10.8 Å². The van der Waals surface area contributed by atoms with Crippen LogP contribution in [0.3, 0.4) is 0 Å². The van der Waals surface area contributed by atoms with Crippen molar-refractivity contribution in [3.63, 3.8) is 0 Å². The minimum absolute atomic E-state index is 0.104. The van der Waals surface area contributed by atoms with Crippen molar-refractivity contribution < 1.29 is 9.90 Å². The summed E-state index contributed by atoms with van der Waals surface area (Å²) >= 11 is 1.43. The third-order valence-corrected chi connectivity index (χ3v) is 5.21. The van der Waals surface area contributed by atoms with Crippen molar-refractivity contribution in [3.05, 3.63) is 74.9 Å². The van der Waals surface area contributed by atoms with Crippen LogP contribution in [-0.2, 0) is 0 Å². The number of hydrogen-bond donors (Lipinski definition) is 2. The van der Waals surface area contributed by atoms with Crippen molar-refractivity contribution >= 4 is 27.9 Å². The van der Waals surface area contributed by atoms with Crippen LogP contribution in [0.15, 0.2) is 46.7 Å². The van der Waals surface area contributed by atoms with Gasteiger partial charge >= 0.3 is 0 Å². The SMILES string of the molecule is Cc1c2c(O)c(C(=O)c3ccccc3)[nH]c(=O)c2c(C)n1-c1nccs1. The number of aryl methyl sites for hydroxylation is 2. The van der Waals surface area contributed by atoms with Crippen molar-refractivity contribution in [2.45, 2.75) is 13.8 Å². The molecule has 4 aromatic rings. The number of hydrogen-bond acceptors (Lipinski definition) is 5. The van der Waals surface area contributed by atoms with E-state index in [4.69, 9.17) is 0 Å². The van der Waals surface area contributed by atoms with E-state index in [1.54, 1.807) is 50.4 Å². The summed E-state index contributed by atoms with van der Waals surface area (Å²) in [5.74, 6) is -0.648. The zero-order valence-electron chi connectivity index (χ0n) is 14.1. The number of nitrogens with one attached hydrogen (secondary N) is 1. The van der Waals surface area contributed by atoms with Crippen LogP contribution in [0.5, 0.6) is 5.75 Å². The Balaban J connectivity index is 2.03. The Bertz CT molecular complexity index is 1190. The van der Waals surface area contributed by atoms with Crippen molar-refractivity contribution in [1.29, 1.82) is 0 Å². The van der Waals surface area contributed by atoms with Crippen LogP contribution in [0.2, 0.25) is 0 Å². The van der Waals surface area contributed by atoms with Crippen molar-refractivity contribution in [1.82, 2.24) is 14.5 Å². The summed E-state index contributed by atoms with van der Waals surface area (Å²) in [7, 11) is 0. The quantitative estimate of drug-likeness (QED) is 0.545. The normalized spacial score (nSPS) is 11.2. The number of aromatic nitrogens is 3. The molecular weight excluding hydrogens is 350 g/mol. The van der Waals surface area contributed by atoms with Gasteiger partial charge in [0.25, 0.3) is 5.56 Å². The fourth-order valence-corrected chi connectivity index (χ4v) is 4.02. The molecule has 3 heterocycles. The largest absolute Gasteiger partial charge is 0.505 e. The number of carbonyl (C=O) groups is 1. The highest BCUT2D eigenvalue weighted by Crippen LogP contribution is 2.35. The molecule has 0 spiro atoms. The molecule has 0 aliphatic heterocycles. The summed E-state index contributed by atoms with van der Waals surface area (Å²) in [4.78, 5) is 32.3. The summed E-state index contributed by atoms with van der Waals surface area (Å²) in [6, 6.07) is 8.54. The number of pyridine rings is 1. The van der Waals surface area contributed by atoms with E-state index in [-0.39, 0.29) is 11.4 Å². The monoisotopic (exact) mass is 365 g/mol. The summed E-state index contributed by atoms with van der Waals surface area (Å²) in [6.45, 7) is 3.59. The molecule has 0 unspecified atom stereocenters. The molecule has 4 rings (SSSR count). The lowest BCUT2D eigenvalue weighted by atomic mass is 10.0. The molecule has 0 aliphatic carbocycles. The molecule has 3 aromatic heterocycles. The Morgan fingerprint density at radius 2 is 1.85 bits per heavy atom. The summed E-state index contributed by atoms with van der Waals surface area (Å²) in [5.41, 5.74) is 1.22. The van der Waals surface area contributed by atoms with Gasteiger partial charge in [0.1, 0.15) is 5.69 Å². The molecule has 0 aliphatic rings. The third-order valence-electron chi connectivity index (χ3n) is 4.46. The van der Waals surface area contributed by atoms with Crippen LogP contribution >= 0.6 is 11.3 Å². The molecule has 130 valence electrons. The van der Waals surface area contributed by atoms with E-state index < -0.39 is 11.3 Å². The molecule has 1 aromatic carbocycles. The van der Waals surface area contributed by atoms with Gasteiger partial charge in [0.2, 0.25) is 5.78 Å². The lowest BCUT2D eigenvalue weighted by Crippen LogP contribution is -2.14. The molecule has 0 saturated heterocycles. The lowest BCUT2D eigenvalue weighted by Gasteiger charge is -2.06. The van der Waals surface area contributed by atoms with Gasteiger partial charge in [-0.1, -0.05) is 30.3 Å². The third kappa shape index (κ3) is 2.28. The molecule has 6 nitrogen and oxygen atoms in total. The number of H-pyrrole nitrogens is 1. The smallest absolute Gasteiger partial charge is 0.258 e. The second-order valence-corrected chi connectivity index (χ2v) is 6.82. The predicted octanol–water partition coefficient (Wildman–Crippen LogP) is 3.33. The Morgan fingerprint density at radius 1 is 1.15 bits per heavy atom. The van der Waals surface area contributed by atoms with E-state index in [2.05, 4.69) is 9.97 Å². The van der Waals surface area contributed by atoms with E-state index in [1.165, 1.54) is 11.3 Å². The second-order valence-electron chi connectivity index (χ2n) is 5.94. The number of nitrogens with zero attached hydrogens (tertiary/aromatic N) is 2. The molecular formula is C19H15N3O3S. The van der Waals surface area contributed by atoms with Gasteiger partial charge < -0.3 is 10.1 Å². The first-order chi connectivity index (χ1) is 12.5. The summed E-state index contributed by atoms with van der Waals surface area (Å²) in [5, 5.41) is 14.1. The average Bonchev–Trinajstić information content (AvgIpc) is 3.25. The summed E-state index contributed by atoms with van der Waals surface area (Å²) < 4.78 is 1.82. The lowest BCUT2D eigenvalue weighted by molar-refractivity contribution is 0.103. The van der Waals surface area contributed by atoms with Gasteiger partial charge in [-0.3, -0.25) is 14.2 Å². The number of fused-ring (bicyclic) bond motifs is 1. The van der Waals surface area contributed by atoms with E-state index in [0.29, 0.717) is 32.9 Å². The number of carbonyl (C=O) groups excluding carboxylic acids is 1. The number of thiazole rings is 1. The van der Waals surface area contributed by atoms with E-state index in [9.17, 15) is 14.7 Å². The molecule has 7 heteroatoms. The maximum absolute atomic E-state index is 12.7. The number of rotatable bonds is 3. The van der Waals surface area contributed by atoms with Crippen LogP contribution in [0, 0.1) is 13.8 Å². The standard InChI is InChI=1S/C19H15N3O3S/c1-10-13-14(11(2)22(10)19-20-8-9-26-19)18(25)21-15(17(13)24)16(23)12-6-4-3-5-7-12/h3-9,24H,1-2H3,(H,21,25). The fourth-order valence-electron chi connectivity index (χ4n) is 3.28. The van der Waals surface area contributed by atoms with E-state index >= 15 is 0 Å². The first-order valence-corrected chi connectivity index (χ1v) is 8.85. The van der Waals surface area contributed by atoms with Crippen LogP contribution in [0.1, 0.15) is 27.4 Å². The van der Waals surface area contributed by atoms with Crippen LogP contribution in [0.25, 0.3) is 15.9 Å². The minimum atomic E-state index is -0.429. The highest BCUT2D eigenvalue weighted by molar-refractivity contribution is 7.12. The Hall–Kier alpha value is -3.19. The molecule has 0 atom stereocenters. The van der Waals surface area contributed by atoms with Crippen LogP contribution < -0.4 is 5.56 Å². The number of benzene rings is 1. The predicted molar refractivity (Wildman–Crippen MR) is 101 cm³/mol. The zero-order valence-corrected chi connectivity index (χ0v) is 14.9. The number of aromatic hydroxyl groups is 1. The number of ketones is 1. The van der Waals surface area contributed by atoms with E-state index in [1.807, 2.05) is 9.95 Å².